The molecule has 2 rings (SSSR count). The lowest BCUT2D eigenvalue weighted by atomic mass is 9.97. The van der Waals surface area contributed by atoms with Crippen molar-refractivity contribution in [2.24, 2.45) is 0 Å². The minimum atomic E-state index is -1.31. The van der Waals surface area contributed by atoms with Gasteiger partial charge in [0.15, 0.2) is 0 Å². The average Bonchev–Trinajstić information content (AvgIpc) is 2.37. The van der Waals surface area contributed by atoms with E-state index in [-0.39, 0.29) is 5.56 Å². The van der Waals surface area contributed by atoms with Gasteiger partial charge in [0.2, 0.25) is 0 Å². The highest BCUT2D eigenvalue weighted by Gasteiger charge is 2.21. The summed E-state index contributed by atoms with van der Waals surface area (Å²) in [7, 11) is 0. The molecule has 1 atom stereocenters. The lowest BCUT2D eigenvalue weighted by Gasteiger charge is -2.15. The van der Waals surface area contributed by atoms with E-state index in [9.17, 15) is 13.9 Å². The maximum Gasteiger partial charge on any atom is 0.135 e. The van der Waals surface area contributed by atoms with Crippen molar-refractivity contribution in [1.29, 1.82) is 0 Å². The summed E-state index contributed by atoms with van der Waals surface area (Å²) < 4.78 is 28.6. The molecule has 0 aliphatic heterocycles. The van der Waals surface area contributed by atoms with Crippen molar-refractivity contribution in [2.75, 3.05) is 0 Å². The number of halogens is 3. The number of aryl methyl sites for hydroxylation is 2. The predicted molar refractivity (Wildman–Crippen MR) is 74.0 cm³/mol. The molecule has 0 heterocycles. The number of hydrogen-bond donors (Lipinski definition) is 1. The van der Waals surface area contributed by atoms with Crippen molar-refractivity contribution < 1.29 is 13.9 Å². The molecule has 0 fully saturated rings. The molecule has 100 valence electrons. The van der Waals surface area contributed by atoms with Crippen LogP contribution < -0.4 is 0 Å². The molecule has 1 nitrogen and oxygen atoms in total. The Labute approximate surface area is 119 Å². The fraction of sp³-hybridized carbons (Fsp3) is 0.200. The molecule has 19 heavy (non-hydrogen) atoms. The van der Waals surface area contributed by atoms with Crippen LogP contribution in [0.2, 0.25) is 0 Å². The van der Waals surface area contributed by atoms with Gasteiger partial charge in [0.25, 0.3) is 0 Å². The zero-order valence-corrected chi connectivity index (χ0v) is 12.1. The van der Waals surface area contributed by atoms with Gasteiger partial charge in [0.05, 0.1) is 5.56 Å². The van der Waals surface area contributed by atoms with Gasteiger partial charge in [-0.2, -0.15) is 0 Å². The van der Waals surface area contributed by atoms with E-state index in [0.717, 1.165) is 10.0 Å². The molecule has 0 aliphatic rings. The standard InChI is InChI=1S/C15H13BrF2O/c1-8-3-6-12(17)13(14(8)18)15(19)10-4-5-11(16)9(2)7-10/h3-7,15,19H,1-2H3. The van der Waals surface area contributed by atoms with Gasteiger partial charge in [-0.1, -0.05) is 34.1 Å². The zero-order chi connectivity index (χ0) is 14.2. The van der Waals surface area contributed by atoms with Gasteiger partial charge >= 0.3 is 0 Å². The van der Waals surface area contributed by atoms with E-state index >= 15 is 0 Å². The summed E-state index contributed by atoms with van der Waals surface area (Å²) in [6, 6.07) is 7.62. The Hall–Kier alpha value is -1.26. The van der Waals surface area contributed by atoms with E-state index in [1.165, 1.54) is 19.1 Å². The van der Waals surface area contributed by atoms with E-state index in [1.807, 2.05) is 6.92 Å². The van der Waals surface area contributed by atoms with Crippen LogP contribution in [0.5, 0.6) is 0 Å². The first-order valence-corrected chi connectivity index (χ1v) is 6.59. The summed E-state index contributed by atoms with van der Waals surface area (Å²) in [5.74, 6) is -1.44. The van der Waals surface area contributed by atoms with Crippen LogP contribution in [0.4, 0.5) is 8.78 Å². The van der Waals surface area contributed by atoms with E-state index in [4.69, 9.17) is 0 Å². The van der Waals surface area contributed by atoms with Crippen molar-refractivity contribution in [1.82, 2.24) is 0 Å². The van der Waals surface area contributed by atoms with Crippen molar-refractivity contribution in [3.05, 3.63) is 68.7 Å². The van der Waals surface area contributed by atoms with Crippen molar-refractivity contribution in [3.8, 4) is 0 Å². The number of benzene rings is 2. The third-order valence-corrected chi connectivity index (χ3v) is 3.98. The Bertz CT molecular complexity index is 626. The highest BCUT2D eigenvalue weighted by atomic mass is 79.9. The van der Waals surface area contributed by atoms with Crippen LogP contribution in [-0.4, -0.2) is 5.11 Å². The fourth-order valence-electron chi connectivity index (χ4n) is 1.93. The monoisotopic (exact) mass is 326 g/mol. The lowest BCUT2D eigenvalue weighted by molar-refractivity contribution is 0.208. The summed E-state index contributed by atoms with van der Waals surface area (Å²) in [5, 5.41) is 10.2. The van der Waals surface area contributed by atoms with Crippen LogP contribution in [0.3, 0.4) is 0 Å². The highest BCUT2D eigenvalue weighted by Crippen LogP contribution is 2.30. The number of aliphatic hydroxyl groups is 1. The Kier molecular flexibility index (Phi) is 4.02. The van der Waals surface area contributed by atoms with Gasteiger partial charge in [-0.05, 0) is 42.7 Å². The minimum Gasteiger partial charge on any atom is -0.383 e. The molecule has 0 saturated heterocycles. The maximum absolute atomic E-state index is 14.0. The molecular weight excluding hydrogens is 314 g/mol. The zero-order valence-electron chi connectivity index (χ0n) is 10.5. The third-order valence-electron chi connectivity index (χ3n) is 3.09. The molecular formula is C15H13BrF2O. The van der Waals surface area contributed by atoms with E-state index < -0.39 is 17.7 Å². The normalized spacial score (nSPS) is 12.5. The smallest absolute Gasteiger partial charge is 0.135 e. The van der Waals surface area contributed by atoms with Crippen molar-refractivity contribution in [2.45, 2.75) is 20.0 Å². The Morgan fingerprint density at radius 3 is 2.37 bits per heavy atom. The first kappa shape index (κ1) is 14.2. The van der Waals surface area contributed by atoms with Gasteiger partial charge in [0.1, 0.15) is 17.7 Å². The highest BCUT2D eigenvalue weighted by molar-refractivity contribution is 9.10. The van der Waals surface area contributed by atoms with Crippen LogP contribution in [0, 0.1) is 25.5 Å². The number of rotatable bonds is 2. The average molecular weight is 327 g/mol. The molecule has 0 radical (unpaired) electrons. The summed E-state index contributed by atoms with van der Waals surface area (Å²) in [6.07, 6.45) is -1.31. The van der Waals surface area contributed by atoms with E-state index in [1.54, 1.807) is 18.2 Å². The molecule has 0 saturated carbocycles. The van der Waals surface area contributed by atoms with Gasteiger partial charge in [0, 0.05) is 4.47 Å². The molecule has 0 spiro atoms. The SMILES string of the molecule is Cc1cc(C(O)c2c(F)ccc(C)c2F)ccc1Br. The Morgan fingerprint density at radius 1 is 1.05 bits per heavy atom. The lowest BCUT2D eigenvalue weighted by Crippen LogP contribution is -2.07. The van der Waals surface area contributed by atoms with Crippen LogP contribution >= 0.6 is 15.9 Å². The first-order chi connectivity index (χ1) is 8.91. The summed E-state index contributed by atoms with van der Waals surface area (Å²) in [5.41, 5.74) is 1.36. The van der Waals surface area contributed by atoms with Crippen molar-refractivity contribution >= 4 is 15.9 Å². The summed E-state index contributed by atoms with van der Waals surface area (Å²) in [4.78, 5) is 0. The summed E-state index contributed by atoms with van der Waals surface area (Å²) in [6.45, 7) is 3.39. The van der Waals surface area contributed by atoms with Crippen LogP contribution in [-0.2, 0) is 0 Å². The summed E-state index contributed by atoms with van der Waals surface area (Å²) >= 11 is 3.35. The molecule has 2 aromatic rings. The van der Waals surface area contributed by atoms with Gasteiger partial charge in [-0.3, -0.25) is 0 Å². The third kappa shape index (κ3) is 2.69. The van der Waals surface area contributed by atoms with Gasteiger partial charge < -0.3 is 5.11 Å². The Balaban J connectivity index is 2.52. The predicted octanol–water partition coefficient (Wildman–Crippen LogP) is 4.43. The van der Waals surface area contributed by atoms with Crippen LogP contribution in [0.15, 0.2) is 34.8 Å². The maximum atomic E-state index is 14.0. The largest absolute Gasteiger partial charge is 0.383 e. The topological polar surface area (TPSA) is 20.2 Å². The molecule has 0 aromatic heterocycles. The van der Waals surface area contributed by atoms with Crippen LogP contribution in [0.25, 0.3) is 0 Å². The second kappa shape index (κ2) is 5.39. The molecule has 4 heteroatoms. The van der Waals surface area contributed by atoms with E-state index in [2.05, 4.69) is 15.9 Å². The van der Waals surface area contributed by atoms with Gasteiger partial charge in [-0.15, -0.1) is 0 Å². The number of aliphatic hydroxyl groups excluding tert-OH is 1. The first-order valence-electron chi connectivity index (χ1n) is 5.80. The van der Waals surface area contributed by atoms with Crippen LogP contribution in [0.1, 0.15) is 28.4 Å². The second-order valence-corrected chi connectivity index (χ2v) is 5.36. The van der Waals surface area contributed by atoms with E-state index in [0.29, 0.717) is 11.1 Å². The molecule has 0 bridgehead atoms. The van der Waals surface area contributed by atoms with Crippen molar-refractivity contribution in [3.63, 3.8) is 0 Å². The van der Waals surface area contributed by atoms with Gasteiger partial charge in [-0.25, -0.2) is 8.78 Å². The molecule has 1 unspecified atom stereocenters. The fourth-order valence-corrected chi connectivity index (χ4v) is 2.18. The molecule has 0 amide bonds. The minimum absolute atomic E-state index is 0.304. The number of hydrogen-bond acceptors (Lipinski definition) is 1. The second-order valence-electron chi connectivity index (χ2n) is 4.50. The quantitative estimate of drug-likeness (QED) is 0.865. The molecule has 0 aliphatic carbocycles. The molecule has 1 N–H and O–H groups in total. The molecule has 2 aromatic carbocycles. The Morgan fingerprint density at radius 2 is 1.74 bits per heavy atom.